The van der Waals surface area contributed by atoms with E-state index in [1.807, 2.05) is 24.1 Å². The van der Waals surface area contributed by atoms with Crippen LogP contribution in [0.15, 0.2) is 18.5 Å². The molecule has 0 aliphatic rings. The van der Waals surface area contributed by atoms with E-state index in [4.69, 9.17) is 5.73 Å². The summed E-state index contributed by atoms with van der Waals surface area (Å²) in [6.07, 6.45) is 3.61. The molecule has 0 amide bonds. The number of aryl methyl sites for hydroxylation is 1. The molecule has 0 saturated carbocycles. The van der Waals surface area contributed by atoms with Crippen LogP contribution in [0.5, 0.6) is 0 Å². The first-order valence-corrected chi connectivity index (χ1v) is 7.03. The van der Waals surface area contributed by atoms with E-state index in [0.717, 1.165) is 18.7 Å². The lowest BCUT2D eigenvalue weighted by Gasteiger charge is -2.19. The number of pyridine rings is 1. The van der Waals surface area contributed by atoms with Crippen molar-refractivity contribution in [1.29, 1.82) is 0 Å². The number of anilines is 3. The van der Waals surface area contributed by atoms with Crippen LogP contribution in [0.4, 0.5) is 17.8 Å². The van der Waals surface area contributed by atoms with Crippen molar-refractivity contribution in [3.63, 3.8) is 0 Å². The Morgan fingerprint density at radius 3 is 2.62 bits per heavy atom. The predicted molar refractivity (Wildman–Crippen MR) is 84.1 cm³/mol. The van der Waals surface area contributed by atoms with Gasteiger partial charge in [-0.3, -0.25) is 4.98 Å². The lowest BCUT2D eigenvalue weighted by atomic mass is 10.2. The van der Waals surface area contributed by atoms with E-state index in [9.17, 15) is 0 Å². The molecule has 0 spiro atoms. The van der Waals surface area contributed by atoms with Gasteiger partial charge >= 0.3 is 0 Å². The fraction of sp³-hybridized carbons (Fsp3) is 0.429. The van der Waals surface area contributed by atoms with Crippen molar-refractivity contribution in [2.24, 2.45) is 0 Å². The minimum atomic E-state index is 0.220. The number of nitrogens with one attached hydrogen (secondary N) is 1. The second kappa shape index (κ2) is 6.83. The maximum Gasteiger partial charge on any atom is 0.231 e. The first-order valence-electron chi connectivity index (χ1n) is 7.03. The van der Waals surface area contributed by atoms with E-state index in [0.29, 0.717) is 18.4 Å². The SMILES string of the molecule is CCN(CC)c1nc(N)nc(NCc2cnccc2C)n1. The summed E-state index contributed by atoms with van der Waals surface area (Å²) in [4.78, 5) is 18.9. The van der Waals surface area contributed by atoms with Crippen molar-refractivity contribution in [3.8, 4) is 0 Å². The standard InChI is InChI=1S/C14H21N7/c1-4-21(5-2)14-19-12(15)18-13(20-14)17-9-11-8-16-7-6-10(11)3/h6-8H,4-5,9H2,1-3H3,(H3,15,17,18,19,20). The number of aromatic nitrogens is 4. The molecule has 0 fully saturated rings. The van der Waals surface area contributed by atoms with Crippen LogP contribution < -0.4 is 16.0 Å². The highest BCUT2D eigenvalue weighted by molar-refractivity contribution is 5.42. The monoisotopic (exact) mass is 287 g/mol. The van der Waals surface area contributed by atoms with Crippen molar-refractivity contribution < 1.29 is 0 Å². The van der Waals surface area contributed by atoms with Crippen LogP contribution in [0.2, 0.25) is 0 Å². The van der Waals surface area contributed by atoms with Crippen LogP contribution in [0.1, 0.15) is 25.0 Å². The van der Waals surface area contributed by atoms with E-state index in [2.05, 4.69) is 39.1 Å². The molecule has 0 bridgehead atoms. The molecule has 3 N–H and O–H groups in total. The molecule has 0 atom stereocenters. The third kappa shape index (κ3) is 3.77. The lowest BCUT2D eigenvalue weighted by Crippen LogP contribution is -2.25. The van der Waals surface area contributed by atoms with Gasteiger partial charge in [-0.25, -0.2) is 0 Å². The van der Waals surface area contributed by atoms with Gasteiger partial charge < -0.3 is 16.0 Å². The van der Waals surface area contributed by atoms with Gasteiger partial charge in [-0.2, -0.15) is 15.0 Å². The Hall–Kier alpha value is -2.44. The summed E-state index contributed by atoms with van der Waals surface area (Å²) in [5, 5.41) is 3.18. The van der Waals surface area contributed by atoms with Gasteiger partial charge in [0.15, 0.2) is 0 Å². The Balaban J connectivity index is 2.15. The largest absolute Gasteiger partial charge is 0.368 e. The van der Waals surface area contributed by atoms with E-state index >= 15 is 0 Å². The topological polar surface area (TPSA) is 92.9 Å². The van der Waals surface area contributed by atoms with E-state index in [1.165, 1.54) is 5.56 Å². The molecule has 0 saturated heterocycles. The van der Waals surface area contributed by atoms with Crippen molar-refractivity contribution in [1.82, 2.24) is 19.9 Å². The van der Waals surface area contributed by atoms with Crippen LogP contribution in [-0.2, 0) is 6.54 Å². The first kappa shape index (κ1) is 15.0. The highest BCUT2D eigenvalue weighted by Crippen LogP contribution is 2.13. The van der Waals surface area contributed by atoms with Gasteiger partial charge in [0.25, 0.3) is 0 Å². The average Bonchev–Trinajstić information content (AvgIpc) is 2.47. The quantitative estimate of drug-likeness (QED) is 0.833. The zero-order valence-electron chi connectivity index (χ0n) is 12.7. The summed E-state index contributed by atoms with van der Waals surface area (Å²) in [6, 6.07) is 1.97. The van der Waals surface area contributed by atoms with Crippen LogP contribution in [0, 0.1) is 6.92 Å². The molecule has 7 nitrogen and oxygen atoms in total. The maximum atomic E-state index is 5.76. The molecule has 112 valence electrons. The minimum absolute atomic E-state index is 0.220. The van der Waals surface area contributed by atoms with Gasteiger partial charge in [-0.05, 0) is 38.0 Å². The second-order valence-corrected chi connectivity index (χ2v) is 4.65. The van der Waals surface area contributed by atoms with Gasteiger partial charge in [0, 0.05) is 32.0 Å². The van der Waals surface area contributed by atoms with Gasteiger partial charge in [0.05, 0.1) is 0 Å². The van der Waals surface area contributed by atoms with Crippen LogP contribution in [0.25, 0.3) is 0 Å². The van der Waals surface area contributed by atoms with Gasteiger partial charge in [0.2, 0.25) is 17.8 Å². The zero-order valence-corrected chi connectivity index (χ0v) is 12.7. The van der Waals surface area contributed by atoms with Gasteiger partial charge in [-0.1, -0.05) is 0 Å². The Labute approximate surface area is 124 Å². The fourth-order valence-corrected chi connectivity index (χ4v) is 1.96. The Morgan fingerprint density at radius 2 is 1.95 bits per heavy atom. The van der Waals surface area contributed by atoms with Crippen LogP contribution >= 0.6 is 0 Å². The highest BCUT2D eigenvalue weighted by Gasteiger charge is 2.09. The number of hydrogen-bond donors (Lipinski definition) is 2. The Kier molecular flexibility index (Phi) is 4.86. The third-order valence-corrected chi connectivity index (χ3v) is 3.27. The number of nitrogen functional groups attached to an aromatic ring is 1. The normalized spacial score (nSPS) is 10.4. The van der Waals surface area contributed by atoms with Crippen LogP contribution in [-0.4, -0.2) is 33.0 Å². The molecule has 2 aromatic heterocycles. The average molecular weight is 287 g/mol. The first-order chi connectivity index (χ1) is 10.1. The molecule has 2 aromatic rings. The maximum absolute atomic E-state index is 5.76. The Bertz CT molecular complexity index is 596. The summed E-state index contributed by atoms with van der Waals surface area (Å²) < 4.78 is 0. The smallest absolute Gasteiger partial charge is 0.231 e. The molecule has 0 unspecified atom stereocenters. The third-order valence-electron chi connectivity index (χ3n) is 3.27. The molecule has 21 heavy (non-hydrogen) atoms. The molecule has 0 aliphatic heterocycles. The zero-order chi connectivity index (χ0) is 15.2. The van der Waals surface area contributed by atoms with E-state index < -0.39 is 0 Å². The molecular weight excluding hydrogens is 266 g/mol. The van der Waals surface area contributed by atoms with Gasteiger partial charge in [-0.15, -0.1) is 0 Å². The molecule has 0 aliphatic carbocycles. The molecule has 0 aromatic carbocycles. The van der Waals surface area contributed by atoms with Crippen molar-refractivity contribution >= 4 is 17.8 Å². The lowest BCUT2D eigenvalue weighted by molar-refractivity contribution is 0.813. The molecule has 2 rings (SSSR count). The van der Waals surface area contributed by atoms with E-state index in [-0.39, 0.29) is 5.95 Å². The number of rotatable bonds is 6. The second-order valence-electron chi connectivity index (χ2n) is 4.65. The summed E-state index contributed by atoms with van der Waals surface area (Å²) in [5.74, 6) is 1.29. The number of nitrogens with two attached hydrogens (primary N) is 1. The summed E-state index contributed by atoms with van der Waals surface area (Å²) >= 11 is 0. The molecule has 2 heterocycles. The predicted octanol–water partition coefficient (Wildman–Crippen LogP) is 1.62. The minimum Gasteiger partial charge on any atom is -0.368 e. The molecule has 7 heteroatoms. The number of hydrogen-bond acceptors (Lipinski definition) is 7. The highest BCUT2D eigenvalue weighted by atomic mass is 15.3. The fourth-order valence-electron chi connectivity index (χ4n) is 1.96. The number of nitrogens with zero attached hydrogens (tertiary/aromatic N) is 5. The van der Waals surface area contributed by atoms with Gasteiger partial charge in [0.1, 0.15) is 0 Å². The Morgan fingerprint density at radius 1 is 1.19 bits per heavy atom. The summed E-state index contributed by atoms with van der Waals surface area (Å²) in [7, 11) is 0. The van der Waals surface area contributed by atoms with Crippen molar-refractivity contribution in [3.05, 3.63) is 29.6 Å². The molecular formula is C14H21N7. The van der Waals surface area contributed by atoms with Crippen molar-refractivity contribution in [2.45, 2.75) is 27.3 Å². The van der Waals surface area contributed by atoms with Crippen LogP contribution in [0.3, 0.4) is 0 Å². The summed E-state index contributed by atoms with van der Waals surface area (Å²) in [5.41, 5.74) is 8.03. The molecule has 0 radical (unpaired) electrons. The van der Waals surface area contributed by atoms with E-state index in [1.54, 1.807) is 6.20 Å². The summed E-state index contributed by atoms with van der Waals surface area (Å²) in [6.45, 7) is 8.38. The van der Waals surface area contributed by atoms with Crippen molar-refractivity contribution in [2.75, 3.05) is 29.0 Å².